The molecule has 0 bridgehead atoms. The third-order valence-electron chi connectivity index (χ3n) is 6.81. The number of anilines is 2. The van der Waals surface area contributed by atoms with Gasteiger partial charge in [-0.1, -0.05) is 71.9 Å². The summed E-state index contributed by atoms with van der Waals surface area (Å²) in [6.07, 6.45) is 1.49. The minimum atomic E-state index is -3.75. The molecular weight excluding hydrogens is 575 g/mol. The van der Waals surface area contributed by atoms with Crippen molar-refractivity contribution in [3.05, 3.63) is 65.4 Å². The molecule has 3 aromatic rings. The Morgan fingerprint density at radius 2 is 1.71 bits per heavy atom. The number of fused-ring (bicyclic) bond motifs is 1. The highest BCUT2D eigenvalue weighted by Crippen LogP contribution is 2.53. The number of hydrogen-bond donors (Lipinski definition) is 4. The minimum Gasteiger partial charge on any atom is -0.505 e. The van der Waals surface area contributed by atoms with Crippen LogP contribution in [-0.4, -0.2) is 41.6 Å². The van der Waals surface area contributed by atoms with Crippen LogP contribution in [0.4, 0.5) is 11.4 Å². The molecule has 0 radical (unpaired) electrons. The molecule has 1 aromatic heterocycles. The smallest absolute Gasteiger partial charge is 0.247 e. The number of aromatic nitrogens is 1. The Bertz CT molecular complexity index is 1650. The lowest BCUT2D eigenvalue weighted by Gasteiger charge is -2.26. The second-order valence-electron chi connectivity index (χ2n) is 13.0. The van der Waals surface area contributed by atoms with E-state index in [1.165, 1.54) is 6.07 Å². The number of ether oxygens (including phenoxy) is 1. The second kappa shape index (κ2) is 11.4. The van der Waals surface area contributed by atoms with Crippen molar-refractivity contribution in [3.63, 3.8) is 0 Å². The van der Waals surface area contributed by atoms with Crippen LogP contribution in [-0.2, 0) is 37.9 Å². The first-order chi connectivity index (χ1) is 19.4. The monoisotopic (exact) mass is 616 g/mol. The first-order valence-corrected chi connectivity index (χ1v) is 17.5. The van der Waals surface area contributed by atoms with Gasteiger partial charge in [0.15, 0.2) is 5.75 Å². The van der Waals surface area contributed by atoms with Crippen molar-refractivity contribution in [1.29, 1.82) is 0 Å². The lowest BCUT2D eigenvalue weighted by Crippen LogP contribution is -2.27. The van der Waals surface area contributed by atoms with Gasteiger partial charge in [0, 0.05) is 17.6 Å². The molecule has 228 valence electrons. The Hall–Kier alpha value is -3.27. The van der Waals surface area contributed by atoms with Gasteiger partial charge in [0.25, 0.3) is 0 Å². The van der Waals surface area contributed by atoms with E-state index in [0.717, 1.165) is 18.2 Å². The number of hydrogen-bond acceptors (Lipinski definition) is 7. The summed E-state index contributed by atoms with van der Waals surface area (Å²) in [4.78, 5) is 0. The molecule has 4 rings (SSSR count). The molecule has 0 amide bonds. The number of rotatable bonds is 9. The van der Waals surface area contributed by atoms with Gasteiger partial charge in [-0.2, -0.15) is 0 Å². The van der Waals surface area contributed by atoms with Crippen molar-refractivity contribution in [1.82, 2.24) is 4.57 Å². The Balaban J connectivity index is 1.82. The molecule has 0 spiro atoms. The number of amidine groups is 1. The van der Waals surface area contributed by atoms with Gasteiger partial charge in [0.1, 0.15) is 17.7 Å². The molecule has 0 fully saturated rings. The SMILES string of the molecule is CC(C)(C)CCn1c(O)c(C2=NP(=O)(COCc3ccccc3)c3cc(NS(C)(=O)=O)ccc3N2)c(O)c1C(C)(C)C. The third kappa shape index (κ3) is 7.19. The van der Waals surface area contributed by atoms with E-state index >= 15 is 0 Å². The first kappa shape index (κ1) is 31.7. The quantitative estimate of drug-likeness (QED) is 0.218. The van der Waals surface area contributed by atoms with Crippen LogP contribution in [0, 0.1) is 5.41 Å². The molecule has 0 saturated heterocycles. The molecule has 1 aliphatic rings. The average molecular weight is 617 g/mol. The van der Waals surface area contributed by atoms with Crippen molar-refractivity contribution in [2.75, 3.05) is 22.6 Å². The lowest BCUT2D eigenvalue weighted by atomic mass is 9.89. The summed E-state index contributed by atoms with van der Waals surface area (Å²) in [5, 5.41) is 26.4. The van der Waals surface area contributed by atoms with E-state index in [-0.39, 0.29) is 52.4 Å². The number of aromatic hydroxyl groups is 2. The average Bonchev–Trinajstić information content (AvgIpc) is 3.11. The molecule has 1 aliphatic heterocycles. The van der Waals surface area contributed by atoms with Crippen LogP contribution in [0.3, 0.4) is 0 Å². The summed E-state index contributed by atoms with van der Waals surface area (Å²) in [6.45, 7) is 12.8. The maximum Gasteiger partial charge on any atom is 0.247 e. The van der Waals surface area contributed by atoms with Crippen molar-refractivity contribution in [3.8, 4) is 11.6 Å². The van der Waals surface area contributed by atoms with E-state index in [4.69, 9.17) is 4.74 Å². The standard InChI is InChI=1S/C30H41N4O6PS/c1-29(2,3)15-16-34-26(30(4,5)6)25(35)24(28(34)36)27-31-22-14-13-21(33-42(7,38)39)17-23(22)41(37,32-27)19-40-18-20-11-9-8-10-12-20/h8-14,17,33,35-36H,15-16,18-19H2,1-7H3,(H,31,32,37). The van der Waals surface area contributed by atoms with Crippen LogP contribution < -0.4 is 15.3 Å². The zero-order valence-corrected chi connectivity index (χ0v) is 26.9. The van der Waals surface area contributed by atoms with Gasteiger partial charge in [0.2, 0.25) is 23.2 Å². The molecule has 4 N–H and O–H groups in total. The number of nitrogens with one attached hydrogen (secondary N) is 2. The van der Waals surface area contributed by atoms with E-state index in [0.29, 0.717) is 17.9 Å². The summed E-state index contributed by atoms with van der Waals surface area (Å²) < 4.78 is 53.0. The maximum absolute atomic E-state index is 14.6. The van der Waals surface area contributed by atoms with Crippen LogP contribution in [0.15, 0.2) is 53.3 Å². The Morgan fingerprint density at radius 3 is 2.31 bits per heavy atom. The van der Waals surface area contributed by atoms with Gasteiger partial charge in [-0.3, -0.25) is 9.29 Å². The summed E-state index contributed by atoms with van der Waals surface area (Å²) in [7, 11) is -7.33. The van der Waals surface area contributed by atoms with Gasteiger partial charge >= 0.3 is 0 Å². The maximum atomic E-state index is 14.6. The van der Waals surface area contributed by atoms with Gasteiger partial charge in [-0.05, 0) is 35.6 Å². The van der Waals surface area contributed by atoms with Gasteiger partial charge in [0.05, 0.1) is 29.5 Å². The van der Waals surface area contributed by atoms with E-state index in [1.54, 1.807) is 16.7 Å². The van der Waals surface area contributed by atoms with Crippen LogP contribution in [0.2, 0.25) is 0 Å². The Kier molecular flexibility index (Phi) is 8.62. The summed E-state index contributed by atoms with van der Waals surface area (Å²) in [5.74, 6) is -0.271. The van der Waals surface area contributed by atoms with E-state index < -0.39 is 22.7 Å². The van der Waals surface area contributed by atoms with Gasteiger partial charge in [-0.25, -0.2) is 13.2 Å². The van der Waals surface area contributed by atoms with E-state index in [9.17, 15) is 23.2 Å². The van der Waals surface area contributed by atoms with Crippen molar-refractivity contribution < 1.29 is 27.9 Å². The van der Waals surface area contributed by atoms with Crippen LogP contribution in [0.1, 0.15) is 64.8 Å². The number of sulfonamides is 1. The molecule has 42 heavy (non-hydrogen) atoms. The second-order valence-corrected chi connectivity index (χ2v) is 17.0. The fraction of sp³-hybridized carbons (Fsp3) is 0.433. The highest BCUT2D eigenvalue weighted by molar-refractivity contribution is 7.92. The molecule has 12 heteroatoms. The highest BCUT2D eigenvalue weighted by Gasteiger charge is 2.38. The lowest BCUT2D eigenvalue weighted by molar-refractivity contribution is 0.163. The van der Waals surface area contributed by atoms with Crippen LogP contribution >= 0.6 is 7.29 Å². The summed E-state index contributed by atoms with van der Waals surface area (Å²) >= 11 is 0. The molecule has 2 heterocycles. The fourth-order valence-corrected chi connectivity index (χ4v) is 7.40. The van der Waals surface area contributed by atoms with Crippen LogP contribution in [0.5, 0.6) is 11.6 Å². The summed E-state index contributed by atoms with van der Waals surface area (Å²) in [5.41, 5.74) is 1.57. The van der Waals surface area contributed by atoms with Crippen molar-refractivity contribution in [2.24, 2.45) is 10.2 Å². The predicted octanol–water partition coefficient (Wildman–Crippen LogP) is 5.95. The number of nitrogens with zero attached hydrogens (tertiary/aromatic N) is 2. The van der Waals surface area contributed by atoms with Gasteiger partial charge < -0.3 is 24.8 Å². The first-order valence-electron chi connectivity index (χ1n) is 13.7. The Morgan fingerprint density at radius 1 is 1.05 bits per heavy atom. The topological polar surface area (TPSA) is 142 Å². The van der Waals surface area contributed by atoms with Crippen molar-refractivity contribution >= 4 is 39.8 Å². The molecule has 0 saturated carbocycles. The normalized spacial score (nSPS) is 17.4. The molecular formula is C30H41N4O6PS. The Labute approximate surface area is 248 Å². The highest BCUT2D eigenvalue weighted by atomic mass is 32.2. The van der Waals surface area contributed by atoms with Crippen LogP contribution in [0.25, 0.3) is 0 Å². The molecule has 2 aromatic carbocycles. The van der Waals surface area contributed by atoms with Crippen molar-refractivity contribution in [2.45, 2.75) is 66.5 Å². The summed E-state index contributed by atoms with van der Waals surface area (Å²) in [6, 6.07) is 14.0. The molecule has 1 atom stereocenters. The largest absolute Gasteiger partial charge is 0.505 e. The minimum absolute atomic E-state index is 0.0231. The van der Waals surface area contributed by atoms with Gasteiger partial charge in [-0.15, -0.1) is 0 Å². The number of benzene rings is 2. The third-order valence-corrected chi connectivity index (χ3v) is 9.60. The molecule has 1 unspecified atom stereocenters. The van der Waals surface area contributed by atoms with E-state index in [2.05, 4.69) is 35.6 Å². The predicted molar refractivity (Wildman–Crippen MR) is 169 cm³/mol. The van der Waals surface area contributed by atoms with E-state index in [1.807, 2.05) is 51.1 Å². The fourth-order valence-electron chi connectivity index (χ4n) is 4.88. The zero-order chi connectivity index (χ0) is 31.1. The zero-order valence-electron chi connectivity index (χ0n) is 25.2. The molecule has 0 aliphatic carbocycles. The molecule has 10 nitrogen and oxygen atoms in total.